The lowest BCUT2D eigenvalue weighted by atomic mass is 10.3. The number of alkyl halides is 3. The minimum atomic E-state index is -0.828. The van der Waals surface area contributed by atoms with E-state index in [4.69, 9.17) is 34.8 Å². The summed E-state index contributed by atoms with van der Waals surface area (Å²) in [5, 5.41) is 3.09. The summed E-state index contributed by atoms with van der Waals surface area (Å²) >= 11 is 16.9. The molecule has 0 spiro atoms. The molecule has 0 aromatic carbocycles. The third-order valence-corrected chi connectivity index (χ3v) is 2.23. The second-order valence-electron chi connectivity index (χ2n) is 2.53. The van der Waals surface area contributed by atoms with Crippen LogP contribution in [0.5, 0.6) is 0 Å². The predicted molar refractivity (Wildman–Crippen MR) is 48.3 cm³/mol. The van der Waals surface area contributed by atoms with Crippen LogP contribution in [0.1, 0.15) is 13.8 Å². The van der Waals surface area contributed by atoms with E-state index in [9.17, 15) is 0 Å². The van der Waals surface area contributed by atoms with Crippen LogP contribution in [-0.2, 0) is 0 Å². The van der Waals surface area contributed by atoms with Crippen molar-refractivity contribution in [3.8, 4) is 0 Å². The van der Waals surface area contributed by atoms with E-state index in [0.29, 0.717) is 12.6 Å². The monoisotopic (exact) mass is 203 g/mol. The second-order valence-corrected chi connectivity index (χ2v) is 4.43. The number of hydrogen-bond acceptors (Lipinski definition) is 1. The van der Waals surface area contributed by atoms with Crippen molar-refractivity contribution in [1.29, 1.82) is 0 Å². The number of halogens is 3. The molecule has 0 atom stereocenters. The van der Waals surface area contributed by atoms with Gasteiger partial charge in [-0.25, -0.2) is 0 Å². The highest BCUT2D eigenvalue weighted by molar-refractivity contribution is 6.51. The lowest BCUT2D eigenvalue weighted by molar-refractivity contribution is 0.572. The fourth-order valence-electron chi connectivity index (χ4n) is 0.401. The molecule has 0 fully saturated rings. The molecule has 0 amide bonds. The largest absolute Gasteiger partial charge is 0.312 e. The van der Waals surface area contributed by atoms with Crippen LogP contribution < -0.4 is 5.32 Å². The van der Waals surface area contributed by atoms with Crippen LogP contribution in [0.3, 0.4) is 0 Å². The summed E-state index contributed by atoms with van der Waals surface area (Å²) in [6, 6.07) is 0.389. The topological polar surface area (TPSA) is 12.0 Å². The molecule has 0 saturated carbocycles. The van der Waals surface area contributed by atoms with E-state index < -0.39 is 4.33 Å². The van der Waals surface area contributed by atoms with Crippen molar-refractivity contribution in [3.05, 3.63) is 0 Å². The Balaban J connectivity index is 3.46. The molecule has 1 N–H and O–H groups in total. The molecule has 0 unspecified atom stereocenters. The molecular weight excluding hydrogens is 192 g/mol. The molecule has 62 valence electrons. The molecule has 10 heavy (non-hydrogen) atoms. The molecule has 0 heterocycles. The molecule has 0 aliphatic rings. The Bertz CT molecular complexity index is 93.0. The van der Waals surface area contributed by atoms with Gasteiger partial charge in [-0.15, -0.1) is 11.6 Å². The van der Waals surface area contributed by atoms with Crippen molar-refractivity contribution in [2.75, 3.05) is 12.4 Å². The first-order valence-electron chi connectivity index (χ1n) is 3.15. The summed E-state index contributed by atoms with van der Waals surface area (Å²) < 4.78 is -0.828. The first kappa shape index (κ1) is 10.8. The van der Waals surface area contributed by atoms with E-state index in [1.807, 2.05) is 13.8 Å². The Morgan fingerprint density at radius 2 is 1.90 bits per heavy atom. The first-order chi connectivity index (χ1) is 4.48. The van der Waals surface area contributed by atoms with Gasteiger partial charge in [-0.05, 0) is 0 Å². The lowest BCUT2D eigenvalue weighted by Crippen LogP contribution is -2.36. The third kappa shape index (κ3) is 5.60. The van der Waals surface area contributed by atoms with Crippen LogP contribution in [0.25, 0.3) is 0 Å². The van der Waals surface area contributed by atoms with Gasteiger partial charge in [0.15, 0.2) is 0 Å². The molecule has 0 aromatic rings. The maximum Gasteiger partial charge on any atom is 0.144 e. The van der Waals surface area contributed by atoms with Crippen LogP contribution in [0.4, 0.5) is 0 Å². The highest BCUT2D eigenvalue weighted by atomic mass is 35.5. The molecule has 0 aliphatic carbocycles. The summed E-state index contributed by atoms with van der Waals surface area (Å²) in [5.74, 6) is 0.246. The Morgan fingerprint density at radius 3 is 2.20 bits per heavy atom. The first-order valence-corrected chi connectivity index (χ1v) is 4.44. The third-order valence-electron chi connectivity index (χ3n) is 0.964. The smallest absolute Gasteiger partial charge is 0.144 e. The van der Waals surface area contributed by atoms with Crippen molar-refractivity contribution < 1.29 is 0 Å². The highest BCUT2D eigenvalue weighted by Crippen LogP contribution is 2.21. The summed E-state index contributed by atoms with van der Waals surface area (Å²) in [7, 11) is 0. The quantitative estimate of drug-likeness (QED) is 0.694. The predicted octanol–water partition coefficient (Wildman–Crippen LogP) is 2.40. The maximum absolute atomic E-state index is 5.74. The van der Waals surface area contributed by atoms with Gasteiger partial charge in [-0.3, -0.25) is 0 Å². The SMILES string of the molecule is CC(C)NCC(Cl)(Cl)CCl. The van der Waals surface area contributed by atoms with E-state index in [2.05, 4.69) is 5.32 Å². The molecule has 0 saturated heterocycles. The minimum absolute atomic E-state index is 0.246. The summed E-state index contributed by atoms with van der Waals surface area (Å²) in [6.07, 6.45) is 0. The van der Waals surface area contributed by atoms with Crippen LogP contribution in [0.15, 0.2) is 0 Å². The minimum Gasteiger partial charge on any atom is -0.312 e. The summed E-state index contributed by atoms with van der Waals surface area (Å²) in [6.45, 7) is 4.58. The zero-order valence-corrected chi connectivity index (χ0v) is 8.39. The highest BCUT2D eigenvalue weighted by Gasteiger charge is 2.21. The Hall–Kier alpha value is 0.830. The van der Waals surface area contributed by atoms with E-state index in [-0.39, 0.29) is 5.88 Å². The Labute approximate surface area is 77.0 Å². The van der Waals surface area contributed by atoms with Crippen molar-refractivity contribution >= 4 is 34.8 Å². The molecule has 0 bridgehead atoms. The normalized spacial score (nSPS) is 12.6. The maximum atomic E-state index is 5.74. The van der Waals surface area contributed by atoms with Gasteiger partial charge in [-0.2, -0.15) is 0 Å². The van der Waals surface area contributed by atoms with Gasteiger partial charge >= 0.3 is 0 Å². The zero-order chi connectivity index (χ0) is 8.20. The molecule has 0 radical (unpaired) electrons. The van der Waals surface area contributed by atoms with Gasteiger partial charge in [0.05, 0.1) is 5.88 Å². The van der Waals surface area contributed by atoms with Gasteiger partial charge < -0.3 is 5.32 Å². The van der Waals surface area contributed by atoms with Gasteiger partial charge in [-0.1, -0.05) is 37.0 Å². The molecule has 0 aliphatic heterocycles. The van der Waals surface area contributed by atoms with Crippen molar-refractivity contribution in [3.63, 3.8) is 0 Å². The number of hydrogen-bond donors (Lipinski definition) is 1. The zero-order valence-electron chi connectivity index (χ0n) is 6.13. The molecular formula is C6H12Cl3N. The van der Waals surface area contributed by atoms with Crippen LogP contribution in [0.2, 0.25) is 0 Å². The van der Waals surface area contributed by atoms with Gasteiger partial charge in [0.25, 0.3) is 0 Å². The standard InChI is InChI=1S/C6H12Cl3N/c1-5(2)10-4-6(8,9)3-7/h5,10H,3-4H2,1-2H3. The van der Waals surface area contributed by atoms with E-state index in [0.717, 1.165) is 0 Å². The molecule has 1 nitrogen and oxygen atoms in total. The lowest BCUT2D eigenvalue weighted by Gasteiger charge is -2.18. The fourth-order valence-corrected chi connectivity index (χ4v) is 0.649. The van der Waals surface area contributed by atoms with Crippen molar-refractivity contribution in [2.24, 2.45) is 0 Å². The van der Waals surface area contributed by atoms with Gasteiger partial charge in [0.2, 0.25) is 0 Å². The average Bonchev–Trinajstić information content (AvgIpc) is 1.85. The Kier molecular flexibility index (Phi) is 5.04. The van der Waals surface area contributed by atoms with Crippen molar-refractivity contribution in [2.45, 2.75) is 24.2 Å². The Morgan fingerprint density at radius 1 is 1.40 bits per heavy atom. The van der Waals surface area contributed by atoms with Gasteiger partial charge in [0.1, 0.15) is 4.33 Å². The summed E-state index contributed by atoms with van der Waals surface area (Å²) in [5.41, 5.74) is 0. The number of nitrogens with one attached hydrogen (secondary N) is 1. The molecule has 0 rings (SSSR count). The molecule has 4 heteroatoms. The van der Waals surface area contributed by atoms with E-state index >= 15 is 0 Å². The van der Waals surface area contributed by atoms with E-state index in [1.54, 1.807) is 0 Å². The van der Waals surface area contributed by atoms with Gasteiger partial charge in [0, 0.05) is 12.6 Å². The molecule has 0 aromatic heterocycles. The van der Waals surface area contributed by atoms with Crippen LogP contribution >= 0.6 is 34.8 Å². The van der Waals surface area contributed by atoms with Crippen molar-refractivity contribution in [1.82, 2.24) is 5.32 Å². The van der Waals surface area contributed by atoms with E-state index in [1.165, 1.54) is 0 Å². The second kappa shape index (κ2) is 4.66. The van der Waals surface area contributed by atoms with Crippen LogP contribution in [0, 0.1) is 0 Å². The number of rotatable bonds is 4. The fraction of sp³-hybridized carbons (Fsp3) is 1.00. The summed E-state index contributed by atoms with van der Waals surface area (Å²) in [4.78, 5) is 0. The average molecular weight is 205 g/mol. The van der Waals surface area contributed by atoms with Crippen LogP contribution in [-0.4, -0.2) is 22.8 Å².